The van der Waals surface area contributed by atoms with E-state index in [1.807, 2.05) is 11.4 Å². The standard InChI is InChI=1S/C9H10INO2S/c10-8-3-6(5-14-8)9(13)11-2-1-7(12)4-11/h3,5,7,12H,1-2,4H2/t7-/m1/s1. The van der Waals surface area contributed by atoms with Crippen LogP contribution in [0.4, 0.5) is 0 Å². The zero-order chi connectivity index (χ0) is 10.1. The molecule has 2 heterocycles. The molecule has 1 aromatic rings. The topological polar surface area (TPSA) is 40.5 Å². The van der Waals surface area contributed by atoms with Crippen LogP contribution < -0.4 is 0 Å². The Kier molecular flexibility index (Phi) is 3.08. The Balaban J connectivity index is 2.09. The van der Waals surface area contributed by atoms with Gasteiger partial charge in [0.05, 0.1) is 14.6 Å². The lowest BCUT2D eigenvalue weighted by molar-refractivity contribution is 0.0765. The summed E-state index contributed by atoms with van der Waals surface area (Å²) in [7, 11) is 0. The molecule has 1 aromatic heterocycles. The third-order valence-corrected chi connectivity index (χ3v) is 4.05. The maximum atomic E-state index is 11.8. The van der Waals surface area contributed by atoms with E-state index in [2.05, 4.69) is 22.6 Å². The minimum atomic E-state index is -0.336. The first-order chi connectivity index (χ1) is 6.66. The maximum Gasteiger partial charge on any atom is 0.254 e. The second kappa shape index (κ2) is 4.16. The summed E-state index contributed by atoms with van der Waals surface area (Å²) in [6.45, 7) is 1.15. The second-order valence-corrected chi connectivity index (χ2v) is 6.14. The molecular formula is C9H10INO2S. The van der Waals surface area contributed by atoms with Gasteiger partial charge >= 0.3 is 0 Å². The number of nitrogens with zero attached hydrogens (tertiary/aromatic N) is 1. The van der Waals surface area contributed by atoms with Crippen LogP contribution in [0.25, 0.3) is 0 Å². The van der Waals surface area contributed by atoms with Crippen molar-refractivity contribution >= 4 is 39.8 Å². The molecule has 1 fully saturated rings. The van der Waals surface area contributed by atoms with E-state index in [0.29, 0.717) is 19.5 Å². The first kappa shape index (κ1) is 10.4. The van der Waals surface area contributed by atoms with E-state index in [0.717, 1.165) is 8.45 Å². The minimum Gasteiger partial charge on any atom is -0.391 e. The number of aliphatic hydroxyl groups excluding tert-OH is 1. The molecular weight excluding hydrogens is 313 g/mol. The zero-order valence-electron chi connectivity index (χ0n) is 7.44. The van der Waals surface area contributed by atoms with Crippen LogP contribution in [-0.2, 0) is 0 Å². The van der Waals surface area contributed by atoms with Gasteiger partial charge in [0.1, 0.15) is 0 Å². The third kappa shape index (κ3) is 2.09. The molecule has 1 saturated heterocycles. The van der Waals surface area contributed by atoms with Gasteiger partial charge in [-0.15, -0.1) is 11.3 Å². The summed E-state index contributed by atoms with van der Waals surface area (Å²) in [4.78, 5) is 13.5. The Labute approximate surface area is 99.9 Å². The molecule has 0 spiro atoms. The quantitative estimate of drug-likeness (QED) is 0.797. The molecule has 14 heavy (non-hydrogen) atoms. The molecule has 2 rings (SSSR count). The van der Waals surface area contributed by atoms with E-state index in [1.165, 1.54) is 0 Å². The number of halogens is 1. The van der Waals surface area contributed by atoms with Crippen molar-refractivity contribution in [2.75, 3.05) is 13.1 Å². The van der Waals surface area contributed by atoms with Crippen molar-refractivity contribution in [1.82, 2.24) is 4.90 Å². The molecule has 0 aromatic carbocycles. The van der Waals surface area contributed by atoms with Crippen molar-refractivity contribution < 1.29 is 9.90 Å². The van der Waals surface area contributed by atoms with Crippen LogP contribution in [-0.4, -0.2) is 35.1 Å². The number of hydrogen-bond acceptors (Lipinski definition) is 3. The van der Waals surface area contributed by atoms with Crippen molar-refractivity contribution in [2.45, 2.75) is 12.5 Å². The van der Waals surface area contributed by atoms with Crippen molar-refractivity contribution in [1.29, 1.82) is 0 Å². The lowest BCUT2D eigenvalue weighted by Crippen LogP contribution is -2.29. The van der Waals surface area contributed by atoms with Gasteiger partial charge in [-0.05, 0) is 35.1 Å². The molecule has 76 valence electrons. The molecule has 1 N–H and O–H groups in total. The number of amides is 1. The number of likely N-dealkylation sites (tertiary alicyclic amines) is 1. The molecule has 0 unspecified atom stereocenters. The van der Waals surface area contributed by atoms with Crippen molar-refractivity contribution in [3.8, 4) is 0 Å². The highest BCUT2D eigenvalue weighted by molar-refractivity contribution is 14.1. The van der Waals surface area contributed by atoms with Gasteiger partial charge in [0.15, 0.2) is 0 Å². The van der Waals surface area contributed by atoms with E-state index in [9.17, 15) is 9.90 Å². The van der Waals surface area contributed by atoms with Crippen LogP contribution >= 0.6 is 33.9 Å². The first-order valence-electron chi connectivity index (χ1n) is 4.38. The number of rotatable bonds is 1. The van der Waals surface area contributed by atoms with Gasteiger partial charge in [0.25, 0.3) is 5.91 Å². The number of carbonyl (C=O) groups is 1. The molecule has 1 atom stereocenters. The Morgan fingerprint density at radius 2 is 2.50 bits per heavy atom. The van der Waals surface area contributed by atoms with Crippen molar-refractivity contribution in [2.24, 2.45) is 0 Å². The number of aliphatic hydroxyl groups is 1. The smallest absolute Gasteiger partial charge is 0.254 e. The average Bonchev–Trinajstić information content (AvgIpc) is 2.73. The summed E-state index contributed by atoms with van der Waals surface area (Å²) in [5, 5.41) is 11.2. The van der Waals surface area contributed by atoms with Crippen molar-refractivity contribution in [3.63, 3.8) is 0 Å². The number of β-amino-alcohol motifs (C(OH)–C–C–N with tert-alkyl or cyclic N) is 1. The van der Waals surface area contributed by atoms with Gasteiger partial charge in [-0.1, -0.05) is 0 Å². The molecule has 0 bridgehead atoms. The van der Waals surface area contributed by atoms with Crippen LogP contribution in [0.15, 0.2) is 11.4 Å². The van der Waals surface area contributed by atoms with Crippen LogP contribution in [0.2, 0.25) is 0 Å². The van der Waals surface area contributed by atoms with Gasteiger partial charge < -0.3 is 10.0 Å². The third-order valence-electron chi connectivity index (χ3n) is 2.26. The maximum absolute atomic E-state index is 11.8. The van der Waals surface area contributed by atoms with Gasteiger partial charge in [0, 0.05) is 18.5 Å². The molecule has 0 saturated carbocycles. The fraction of sp³-hybridized carbons (Fsp3) is 0.444. The summed E-state index contributed by atoms with van der Waals surface area (Å²) in [6, 6.07) is 1.89. The van der Waals surface area contributed by atoms with Gasteiger partial charge in [-0.3, -0.25) is 4.79 Å². The molecule has 3 nitrogen and oxygen atoms in total. The van der Waals surface area contributed by atoms with E-state index < -0.39 is 0 Å². The number of thiophene rings is 1. The summed E-state index contributed by atoms with van der Waals surface area (Å²) in [5.74, 6) is 0.0423. The highest BCUT2D eigenvalue weighted by Gasteiger charge is 2.25. The monoisotopic (exact) mass is 323 g/mol. The highest BCUT2D eigenvalue weighted by Crippen LogP contribution is 2.20. The van der Waals surface area contributed by atoms with Gasteiger partial charge in [0.2, 0.25) is 0 Å². The van der Waals surface area contributed by atoms with Crippen LogP contribution in [0.1, 0.15) is 16.8 Å². The van der Waals surface area contributed by atoms with E-state index in [-0.39, 0.29) is 12.0 Å². The molecule has 1 aliphatic rings. The lowest BCUT2D eigenvalue weighted by atomic mass is 10.3. The average molecular weight is 323 g/mol. The van der Waals surface area contributed by atoms with Crippen molar-refractivity contribution in [3.05, 3.63) is 19.9 Å². The SMILES string of the molecule is O=C(c1csc(I)c1)N1CC[C@@H](O)C1. The molecule has 1 amide bonds. The van der Waals surface area contributed by atoms with E-state index in [1.54, 1.807) is 16.2 Å². The fourth-order valence-corrected chi connectivity index (χ4v) is 2.85. The largest absolute Gasteiger partial charge is 0.391 e. The Morgan fingerprint density at radius 1 is 1.71 bits per heavy atom. The van der Waals surface area contributed by atoms with Gasteiger partial charge in [-0.25, -0.2) is 0 Å². The minimum absolute atomic E-state index is 0.0423. The Morgan fingerprint density at radius 3 is 3.00 bits per heavy atom. The fourth-order valence-electron chi connectivity index (χ4n) is 1.53. The Hall–Kier alpha value is -0.140. The van der Waals surface area contributed by atoms with Crippen LogP contribution in [0.3, 0.4) is 0 Å². The summed E-state index contributed by atoms with van der Waals surface area (Å²) in [6.07, 6.45) is 0.365. The number of hydrogen-bond donors (Lipinski definition) is 1. The molecule has 1 aliphatic heterocycles. The van der Waals surface area contributed by atoms with E-state index >= 15 is 0 Å². The predicted octanol–water partition coefficient (Wildman–Crippen LogP) is 1.56. The van der Waals surface area contributed by atoms with Crippen LogP contribution in [0, 0.1) is 2.88 Å². The van der Waals surface area contributed by atoms with Gasteiger partial charge in [-0.2, -0.15) is 0 Å². The normalized spacial score (nSPS) is 21.6. The molecule has 5 heteroatoms. The molecule has 0 aliphatic carbocycles. The summed E-state index contributed by atoms with van der Waals surface area (Å²) in [5.41, 5.74) is 0.744. The Bertz CT molecular complexity index is 352. The lowest BCUT2D eigenvalue weighted by Gasteiger charge is -2.13. The molecule has 0 radical (unpaired) electrons. The van der Waals surface area contributed by atoms with Crippen LogP contribution in [0.5, 0.6) is 0 Å². The summed E-state index contributed by atoms with van der Waals surface area (Å²) >= 11 is 3.77. The first-order valence-corrected chi connectivity index (χ1v) is 6.34. The highest BCUT2D eigenvalue weighted by atomic mass is 127. The second-order valence-electron chi connectivity index (χ2n) is 3.33. The number of carbonyl (C=O) groups excluding carboxylic acids is 1. The zero-order valence-corrected chi connectivity index (χ0v) is 10.4. The van der Waals surface area contributed by atoms with E-state index in [4.69, 9.17) is 0 Å². The summed E-state index contributed by atoms with van der Waals surface area (Å²) < 4.78 is 1.12. The predicted molar refractivity (Wildman–Crippen MR) is 63.6 cm³/mol.